The summed E-state index contributed by atoms with van der Waals surface area (Å²) in [6.07, 6.45) is 8.27. The molecule has 1 aliphatic rings. The second kappa shape index (κ2) is 4.31. The third kappa shape index (κ3) is 1.71. The fourth-order valence-electron chi connectivity index (χ4n) is 1.93. The summed E-state index contributed by atoms with van der Waals surface area (Å²) in [6.45, 7) is 0. The molecule has 1 aromatic carbocycles. The molecule has 0 N–H and O–H groups in total. The minimum absolute atomic E-state index is 0.682. The Labute approximate surface area is 109 Å². The van der Waals surface area contributed by atoms with Crippen LogP contribution < -0.4 is 0 Å². The van der Waals surface area contributed by atoms with E-state index in [1.165, 1.54) is 6.34 Å². The topological polar surface area (TPSA) is 50.5 Å². The van der Waals surface area contributed by atoms with Gasteiger partial charge in [-0.2, -0.15) is 0 Å². The molecule has 0 saturated carbocycles. The second-order valence-electron chi connectivity index (χ2n) is 3.89. The van der Waals surface area contributed by atoms with Crippen LogP contribution in [0.5, 0.6) is 0 Å². The minimum atomic E-state index is -0.682. The molecule has 0 aliphatic carbocycles. The van der Waals surface area contributed by atoms with Gasteiger partial charge in [-0.1, -0.05) is 23.7 Å². The molecule has 0 saturated heterocycles. The zero-order chi connectivity index (χ0) is 12.4. The van der Waals surface area contributed by atoms with Crippen LogP contribution in [0.15, 0.2) is 52.8 Å². The van der Waals surface area contributed by atoms with Crippen molar-refractivity contribution in [1.29, 1.82) is 0 Å². The van der Waals surface area contributed by atoms with Crippen LogP contribution in [-0.4, -0.2) is 22.5 Å². The summed E-state index contributed by atoms with van der Waals surface area (Å²) in [5, 5.41) is 0.687. The van der Waals surface area contributed by atoms with Crippen LogP contribution in [0.2, 0.25) is 5.02 Å². The maximum atomic E-state index is 5.91. The lowest BCUT2D eigenvalue weighted by molar-refractivity contribution is 0.724. The van der Waals surface area contributed by atoms with E-state index in [9.17, 15) is 0 Å². The Morgan fingerprint density at radius 2 is 1.89 bits per heavy atom. The molecular weight excluding hydrogens is 248 g/mol. The van der Waals surface area contributed by atoms with E-state index in [0.29, 0.717) is 5.02 Å². The number of hydrogen-bond acceptors (Lipinski definition) is 4. The molecule has 1 unspecified atom stereocenters. The first kappa shape index (κ1) is 11.0. The Kier molecular flexibility index (Phi) is 2.64. The Hall–Kier alpha value is -2.07. The van der Waals surface area contributed by atoms with Gasteiger partial charge in [0.05, 0.1) is 11.9 Å². The highest BCUT2D eigenvalue weighted by molar-refractivity contribution is 6.30. The first-order valence-corrected chi connectivity index (χ1v) is 5.80. The highest BCUT2D eigenvalue weighted by Gasteiger charge is 2.35. The van der Waals surface area contributed by atoms with Gasteiger partial charge in [-0.25, -0.2) is 9.98 Å². The van der Waals surface area contributed by atoms with Gasteiger partial charge in [-0.05, 0) is 17.7 Å². The standard InChI is InChI=1S/C13H9ClN4/c14-11-3-1-10(2-4-11)13(8-16-9-18-13)12-7-15-5-6-17-12/h1-9H. The number of nitrogens with zero attached hydrogens (tertiary/aromatic N) is 4. The van der Waals surface area contributed by atoms with E-state index in [1.807, 2.05) is 24.3 Å². The van der Waals surface area contributed by atoms with Gasteiger partial charge < -0.3 is 0 Å². The molecule has 4 nitrogen and oxygen atoms in total. The molecule has 1 aromatic heterocycles. The first-order valence-electron chi connectivity index (χ1n) is 5.42. The van der Waals surface area contributed by atoms with Crippen molar-refractivity contribution in [3.05, 3.63) is 59.1 Å². The van der Waals surface area contributed by atoms with Crippen molar-refractivity contribution in [3.8, 4) is 0 Å². The third-order valence-electron chi connectivity index (χ3n) is 2.83. The maximum Gasteiger partial charge on any atom is 0.166 e. The highest BCUT2D eigenvalue weighted by Crippen LogP contribution is 2.32. The van der Waals surface area contributed by atoms with Crippen molar-refractivity contribution >= 4 is 24.2 Å². The van der Waals surface area contributed by atoms with Gasteiger partial charge in [0.25, 0.3) is 0 Å². The molecule has 5 heteroatoms. The fraction of sp³-hybridized carbons (Fsp3) is 0.0769. The highest BCUT2D eigenvalue weighted by atomic mass is 35.5. The van der Waals surface area contributed by atoms with Crippen LogP contribution in [-0.2, 0) is 5.54 Å². The smallest absolute Gasteiger partial charge is 0.166 e. The number of rotatable bonds is 2. The largest absolute Gasteiger partial charge is 0.261 e. The number of benzene rings is 1. The summed E-state index contributed by atoms with van der Waals surface area (Å²) in [4.78, 5) is 17.0. The minimum Gasteiger partial charge on any atom is -0.261 e. The SMILES string of the molecule is Clc1ccc(C2(c3cnccn3)C=NC=N2)cc1. The summed E-state index contributed by atoms with van der Waals surface area (Å²) in [5.74, 6) is 0. The molecular formula is C13H9ClN4. The molecule has 18 heavy (non-hydrogen) atoms. The molecule has 0 fully saturated rings. The van der Waals surface area contributed by atoms with Crippen molar-refractivity contribution in [2.24, 2.45) is 9.98 Å². The van der Waals surface area contributed by atoms with E-state index < -0.39 is 5.54 Å². The molecule has 2 aromatic rings. The summed E-state index contributed by atoms with van der Waals surface area (Å²) in [5.41, 5.74) is 1.02. The van der Waals surface area contributed by atoms with E-state index in [-0.39, 0.29) is 0 Å². The van der Waals surface area contributed by atoms with Crippen LogP contribution in [0.3, 0.4) is 0 Å². The lowest BCUT2D eigenvalue weighted by Crippen LogP contribution is -2.26. The van der Waals surface area contributed by atoms with Gasteiger partial charge in [-0.3, -0.25) is 9.97 Å². The second-order valence-corrected chi connectivity index (χ2v) is 4.32. The van der Waals surface area contributed by atoms with E-state index in [0.717, 1.165) is 11.3 Å². The van der Waals surface area contributed by atoms with Crippen LogP contribution in [0.1, 0.15) is 11.3 Å². The summed E-state index contributed by atoms with van der Waals surface area (Å²) in [6, 6.07) is 7.50. The third-order valence-corrected chi connectivity index (χ3v) is 3.08. The van der Waals surface area contributed by atoms with E-state index in [4.69, 9.17) is 11.6 Å². The van der Waals surface area contributed by atoms with Crippen molar-refractivity contribution in [2.45, 2.75) is 5.54 Å². The normalized spacial score (nSPS) is 21.4. The lowest BCUT2D eigenvalue weighted by atomic mass is 9.89. The van der Waals surface area contributed by atoms with Crippen molar-refractivity contribution in [3.63, 3.8) is 0 Å². The van der Waals surface area contributed by atoms with Gasteiger partial charge in [-0.15, -0.1) is 0 Å². The molecule has 1 atom stereocenters. The van der Waals surface area contributed by atoms with E-state index >= 15 is 0 Å². The quantitative estimate of drug-likeness (QED) is 0.829. The molecule has 88 valence electrons. The Morgan fingerprint density at radius 3 is 2.50 bits per heavy atom. The van der Waals surface area contributed by atoms with Crippen molar-refractivity contribution in [1.82, 2.24) is 9.97 Å². The predicted molar refractivity (Wildman–Crippen MR) is 71.2 cm³/mol. The van der Waals surface area contributed by atoms with Crippen molar-refractivity contribution in [2.75, 3.05) is 0 Å². The number of halogens is 1. The zero-order valence-electron chi connectivity index (χ0n) is 9.36. The van der Waals surface area contributed by atoms with Gasteiger partial charge in [0, 0.05) is 23.6 Å². The Morgan fingerprint density at radius 1 is 1.06 bits per heavy atom. The molecule has 3 rings (SSSR count). The monoisotopic (exact) mass is 256 g/mol. The summed E-state index contributed by atoms with van der Waals surface area (Å²) in [7, 11) is 0. The van der Waals surface area contributed by atoms with Gasteiger partial charge in [0.15, 0.2) is 5.54 Å². The Balaban J connectivity index is 2.17. The summed E-state index contributed by atoms with van der Waals surface area (Å²) < 4.78 is 0. The van der Waals surface area contributed by atoms with Crippen molar-refractivity contribution < 1.29 is 0 Å². The first-order chi connectivity index (χ1) is 8.81. The molecule has 0 radical (unpaired) electrons. The zero-order valence-corrected chi connectivity index (χ0v) is 10.1. The molecule has 0 amide bonds. The van der Waals surface area contributed by atoms with Gasteiger partial charge in [0.1, 0.15) is 6.34 Å². The summed E-state index contributed by atoms with van der Waals surface area (Å²) >= 11 is 5.91. The van der Waals surface area contributed by atoms with E-state index in [1.54, 1.807) is 24.8 Å². The molecule has 1 aliphatic heterocycles. The maximum absolute atomic E-state index is 5.91. The van der Waals surface area contributed by atoms with Crippen LogP contribution in [0, 0.1) is 0 Å². The molecule has 0 spiro atoms. The average Bonchev–Trinajstić information content (AvgIpc) is 2.91. The molecule has 2 heterocycles. The molecule has 0 bridgehead atoms. The average molecular weight is 257 g/mol. The predicted octanol–water partition coefficient (Wildman–Crippen LogP) is 2.49. The Bertz CT molecular complexity index is 593. The van der Waals surface area contributed by atoms with Crippen LogP contribution in [0.25, 0.3) is 0 Å². The number of aromatic nitrogens is 2. The van der Waals surface area contributed by atoms with Crippen LogP contribution >= 0.6 is 11.6 Å². The number of hydrogen-bond donors (Lipinski definition) is 0. The van der Waals surface area contributed by atoms with Gasteiger partial charge >= 0.3 is 0 Å². The van der Waals surface area contributed by atoms with Gasteiger partial charge in [0.2, 0.25) is 0 Å². The fourth-order valence-corrected chi connectivity index (χ4v) is 2.05. The van der Waals surface area contributed by atoms with Crippen LogP contribution in [0.4, 0.5) is 0 Å². The number of aliphatic imine (C=N–C) groups is 2. The van der Waals surface area contributed by atoms with E-state index in [2.05, 4.69) is 20.0 Å². The lowest BCUT2D eigenvalue weighted by Gasteiger charge is -2.22.